The Labute approximate surface area is 452 Å². The van der Waals surface area contributed by atoms with Crippen molar-refractivity contribution in [3.05, 3.63) is 154 Å². The molecule has 0 bridgehead atoms. The van der Waals surface area contributed by atoms with Crippen molar-refractivity contribution < 1.29 is 62.2 Å². The zero-order valence-electron chi connectivity index (χ0n) is 43.0. The largest absolute Gasteiger partial charge is 0.480 e. The number of fused-ring (bicyclic) bond motifs is 2. The number of benzene rings is 4. The number of halogens is 6. The number of alkyl halides is 6. The molecular weight excluding hydrogens is 1100 g/mol. The Bertz CT molecular complexity index is 3740. The maximum Gasteiger partial charge on any atom is 0.416 e. The van der Waals surface area contributed by atoms with Gasteiger partial charge in [0.2, 0.25) is 23.6 Å². The number of aromatic nitrogens is 6. The van der Waals surface area contributed by atoms with E-state index in [2.05, 4.69) is 40.0 Å². The number of carbonyl (C=O) groups excluding carboxylic acids is 2. The molecule has 8 aromatic rings. The summed E-state index contributed by atoms with van der Waals surface area (Å²) < 4.78 is 147. The second-order valence-electron chi connectivity index (χ2n) is 17.7. The van der Waals surface area contributed by atoms with Crippen LogP contribution in [0.25, 0.3) is 44.1 Å². The Morgan fingerprint density at radius 1 is 0.537 bits per heavy atom. The van der Waals surface area contributed by atoms with Gasteiger partial charge in [0.1, 0.15) is 11.4 Å². The van der Waals surface area contributed by atoms with E-state index in [9.17, 15) is 62.4 Å². The van der Waals surface area contributed by atoms with Gasteiger partial charge in [0.25, 0.3) is 31.2 Å². The van der Waals surface area contributed by atoms with Gasteiger partial charge in [-0.2, -0.15) is 26.3 Å². The fourth-order valence-corrected chi connectivity index (χ4v) is 10.0. The average Bonchev–Trinajstić information content (AvgIpc) is 3.43. The van der Waals surface area contributed by atoms with Crippen molar-refractivity contribution in [2.45, 2.75) is 49.1 Å². The third-order valence-corrected chi connectivity index (χ3v) is 15.0. The van der Waals surface area contributed by atoms with Gasteiger partial charge in [-0.15, -0.1) is 0 Å². The van der Waals surface area contributed by atoms with Crippen molar-refractivity contribution in [2.75, 3.05) is 37.8 Å². The molecule has 28 heteroatoms. The van der Waals surface area contributed by atoms with Gasteiger partial charge in [0.15, 0.2) is 0 Å². The summed E-state index contributed by atoms with van der Waals surface area (Å²) in [6.07, 6.45) is -3.66. The second kappa shape index (κ2) is 23.6. The minimum absolute atomic E-state index is 0.0667. The highest BCUT2D eigenvalue weighted by Gasteiger charge is 2.32. The van der Waals surface area contributed by atoms with Crippen LogP contribution in [0.15, 0.2) is 141 Å². The number of pyridine rings is 2. The Kier molecular flexibility index (Phi) is 17.3. The third kappa shape index (κ3) is 13.3. The molecule has 0 unspecified atom stereocenters. The number of anilines is 2. The smallest absolute Gasteiger partial charge is 0.416 e. The number of methoxy groups -OCH3 is 2. The van der Waals surface area contributed by atoms with Crippen LogP contribution in [0.2, 0.25) is 0 Å². The van der Waals surface area contributed by atoms with E-state index in [-0.39, 0.29) is 69.9 Å². The van der Waals surface area contributed by atoms with Crippen molar-refractivity contribution in [3.63, 3.8) is 0 Å². The van der Waals surface area contributed by atoms with Gasteiger partial charge in [0, 0.05) is 50.7 Å². The summed E-state index contributed by atoms with van der Waals surface area (Å²) in [6.45, 7) is 3.60. The van der Waals surface area contributed by atoms with Crippen molar-refractivity contribution in [2.24, 2.45) is 11.8 Å². The van der Waals surface area contributed by atoms with Crippen molar-refractivity contribution in [1.82, 2.24) is 39.7 Å². The number of hydrogen-bond acceptors (Lipinski definition) is 14. The van der Waals surface area contributed by atoms with Crippen LogP contribution in [0, 0.1) is 11.8 Å². The molecule has 420 valence electrons. The molecule has 2 amide bonds. The second-order valence-corrected chi connectivity index (χ2v) is 21.1. The van der Waals surface area contributed by atoms with Gasteiger partial charge in [0.05, 0.1) is 81.4 Å². The molecule has 0 spiro atoms. The fourth-order valence-electron chi connectivity index (χ4n) is 7.93. The fraction of sp³-hybridized carbons (Fsp3) is 0.231. The lowest BCUT2D eigenvalue weighted by atomic mass is 10.0. The monoisotopic (exact) mass is 1150 g/mol. The van der Waals surface area contributed by atoms with Crippen LogP contribution < -0.4 is 40.7 Å². The average molecular weight is 1150 g/mol. The standard InChI is InChI=1S/2C26H24F3N5O5S/c2*1-15(23(35)30-2)13-34-14-32-21-9-4-16(10-20(21)25(34)36)17-11-22(24(39-3)31-12-17)33-40(37,38)19-7-5-18(6-8-19)26(27,28)29/h2*4-12,14-15,33H,13H2,1-3H3,(H,30,35)/t2*15-/m10/s1. The molecule has 0 aliphatic carbocycles. The van der Waals surface area contributed by atoms with Crippen LogP contribution in [0.5, 0.6) is 11.8 Å². The zero-order valence-corrected chi connectivity index (χ0v) is 44.6. The molecule has 0 radical (unpaired) electrons. The van der Waals surface area contributed by atoms with E-state index in [4.69, 9.17) is 9.47 Å². The molecule has 0 aliphatic rings. The summed E-state index contributed by atoms with van der Waals surface area (Å²) in [5.74, 6) is -1.56. The molecule has 0 saturated carbocycles. The molecule has 8 rings (SSSR count). The van der Waals surface area contributed by atoms with E-state index in [1.54, 1.807) is 50.2 Å². The number of amides is 2. The van der Waals surface area contributed by atoms with Crippen LogP contribution in [0.4, 0.5) is 37.7 Å². The molecule has 4 heterocycles. The van der Waals surface area contributed by atoms with Crippen LogP contribution >= 0.6 is 0 Å². The van der Waals surface area contributed by atoms with Crippen LogP contribution in [0.3, 0.4) is 0 Å². The number of ether oxygens (including phenoxy) is 2. The van der Waals surface area contributed by atoms with Crippen LogP contribution in [0.1, 0.15) is 25.0 Å². The van der Waals surface area contributed by atoms with Gasteiger partial charge in [-0.3, -0.25) is 37.8 Å². The topological polar surface area (TPSA) is 265 Å². The van der Waals surface area contributed by atoms with E-state index in [0.29, 0.717) is 57.6 Å². The summed E-state index contributed by atoms with van der Waals surface area (Å²) in [6, 6.07) is 18.7. The van der Waals surface area contributed by atoms with Gasteiger partial charge in [-0.25, -0.2) is 36.8 Å². The number of nitrogens with zero attached hydrogens (tertiary/aromatic N) is 6. The predicted molar refractivity (Wildman–Crippen MR) is 283 cm³/mol. The molecule has 80 heavy (non-hydrogen) atoms. The van der Waals surface area contributed by atoms with Crippen LogP contribution in [-0.2, 0) is 55.1 Å². The first-order chi connectivity index (χ1) is 37.7. The lowest BCUT2D eigenvalue weighted by Gasteiger charge is -2.14. The normalized spacial score (nSPS) is 12.7. The van der Waals surface area contributed by atoms with E-state index in [1.807, 2.05) is 0 Å². The van der Waals surface area contributed by atoms with Crippen molar-refractivity contribution in [3.8, 4) is 34.0 Å². The van der Waals surface area contributed by atoms with Gasteiger partial charge in [-0.05, 0) is 96.1 Å². The Morgan fingerprint density at radius 3 is 1.20 bits per heavy atom. The SMILES string of the molecule is CNC(=O)[C@@H](C)Cn1cnc2ccc(-c3cnc(OC)c(NS(=O)(=O)c4ccc(C(F)(F)F)cc4)c3)cc2c1=O.CNC(=O)[C@H](C)Cn1cnc2ccc(-c3cnc(OC)c(NS(=O)(=O)c4ccc(C(F)(F)F)cc4)c3)cc2c1=O. The Hall–Kier alpha value is -8.92. The van der Waals surface area contributed by atoms with Gasteiger partial charge >= 0.3 is 12.4 Å². The Morgan fingerprint density at radius 2 is 0.887 bits per heavy atom. The van der Waals surface area contributed by atoms with Gasteiger partial charge in [-0.1, -0.05) is 26.0 Å². The first-order valence-electron chi connectivity index (χ1n) is 23.6. The van der Waals surface area contributed by atoms with Gasteiger partial charge < -0.3 is 20.1 Å². The molecule has 20 nitrogen and oxygen atoms in total. The minimum atomic E-state index is -4.61. The number of sulfonamides is 2. The van der Waals surface area contributed by atoms with E-state index >= 15 is 0 Å². The summed E-state index contributed by atoms with van der Waals surface area (Å²) in [7, 11) is -3.04. The highest BCUT2D eigenvalue weighted by Crippen LogP contribution is 2.35. The Balaban J connectivity index is 0.000000231. The van der Waals surface area contributed by atoms with E-state index in [0.717, 1.165) is 24.3 Å². The predicted octanol–water partition coefficient (Wildman–Crippen LogP) is 7.34. The third-order valence-electron chi connectivity index (χ3n) is 12.2. The molecule has 0 saturated heterocycles. The summed E-state index contributed by atoms with van der Waals surface area (Å²) >= 11 is 0. The first kappa shape index (κ1) is 58.8. The molecule has 0 aliphatic heterocycles. The lowest BCUT2D eigenvalue weighted by molar-refractivity contribution is -0.138. The maximum absolute atomic E-state index is 13.1. The summed E-state index contributed by atoms with van der Waals surface area (Å²) in [5, 5.41) is 5.61. The summed E-state index contributed by atoms with van der Waals surface area (Å²) in [4.78, 5) is 66.2. The maximum atomic E-state index is 13.1. The van der Waals surface area contributed by atoms with E-state index < -0.39 is 65.2 Å². The lowest BCUT2D eigenvalue weighted by Crippen LogP contribution is -2.32. The molecule has 4 N–H and O–H groups in total. The molecule has 2 atom stereocenters. The highest BCUT2D eigenvalue weighted by atomic mass is 32.2. The molecule has 0 fully saturated rings. The summed E-state index contributed by atoms with van der Waals surface area (Å²) in [5.41, 5.74) is -0.151. The number of hydrogen-bond donors (Lipinski definition) is 4. The first-order valence-corrected chi connectivity index (χ1v) is 26.5. The number of nitrogens with one attached hydrogen (secondary N) is 4. The number of rotatable bonds is 16. The van der Waals surface area contributed by atoms with E-state index in [1.165, 1.54) is 74.6 Å². The highest BCUT2D eigenvalue weighted by molar-refractivity contribution is 7.93. The number of carbonyl (C=O) groups is 2. The minimum Gasteiger partial charge on any atom is -0.480 e. The van der Waals surface area contributed by atoms with Crippen molar-refractivity contribution in [1.29, 1.82) is 0 Å². The molecule has 4 aromatic carbocycles. The van der Waals surface area contributed by atoms with Crippen molar-refractivity contribution >= 4 is 65.0 Å². The quantitative estimate of drug-likeness (QED) is 0.0690. The zero-order chi connectivity index (χ0) is 58.5. The van der Waals surface area contributed by atoms with Crippen LogP contribution in [-0.4, -0.2) is 86.0 Å². The molecular formula is C52H48F6N10O10S2. The molecule has 4 aromatic heterocycles.